The van der Waals surface area contributed by atoms with E-state index in [9.17, 15) is 0 Å². The summed E-state index contributed by atoms with van der Waals surface area (Å²) in [5.41, 5.74) is 0.859. The van der Waals surface area contributed by atoms with Gasteiger partial charge >= 0.3 is 0 Å². The molecule has 0 bridgehead atoms. The fourth-order valence-electron chi connectivity index (χ4n) is 0.936. The average Bonchev–Trinajstić information content (AvgIpc) is 2.36. The van der Waals surface area contributed by atoms with Gasteiger partial charge in [-0.05, 0) is 6.08 Å². The molecular formula is C6H5N3S. The molecule has 2 heterocycles. The van der Waals surface area contributed by atoms with Crippen molar-refractivity contribution < 1.29 is 0 Å². The molecule has 2 aliphatic heterocycles. The molecule has 1 N–H and O–H groups in total. The van der Waals surface area contributed by atoms with Crippen LogP contribution in [-0.2, 0) is 0 Å². The normalized spacial score (nSPS) is 27.8. The summed E-state index contributed by atoms with van der Waals surface area (Å²) in [5, 5.41) is 2.82. The molecule has 0 aromatic rings. The van der Waals surface area contributed by atoms with Crippen molar-refractivity contribution in [1.29, 1.82) is 0 Å². The molecule has 0 aromatic heterocycles. The number of hydrogen-bond donors (Lipinski definition) is 1. The van der Waals surface area contributed by atoms with Crippen LogP contribution in [-0.4, -0.2) is 23.1 Å². The maximum Gasteiger partial charge on any atom is 0.128 e. The van der Waals surface area contributed by atoms with Gasteiger partial charge in [0.25, 0.3) is 0 Å². The van der Waals surface area contributed by atoms with Crippen LogP contribution in [0.4, 0.5) is 0 Å². The Morgan fingerprint density at radius 3 is 3.30 bits per heavy atom. The molecule has 0 spiro atoms. The minimum absolute atomic E-state index is 0.0775. The lowest BCUT2D eigenvalue weighted by Crippen LogP contribution is -2.38. The molecule has 0 radical (unpaired) electrons. The summed E-state index contributed by atoms with van der Waals surface area (Å²) in [7, 11) is 0. The van der Waals surface area contributed by atoms with Crippen molar-refractivity contribution in [3.8, 4) is 0 Å². The third-order valence-electron chi connectivity index (χ3n) is 1.43. The van der Waals surface area contributed by atoms with Crippen molar-refractivity contribution in [2.45, 2.75) is 6.04 Å². The lowest BCUT2D eigenvalue weighted by atomic mass is 10.2. The van der Waals surface area contributed by atoms with E-state index in [1.54, 1.807) is 12.5 Å². The predicted octanol–water partition coefficient (Wildman–Crippen LogP) is 0.282. The number of nitrogens with one attached hydrogen (secondary N) is 1. The van der Waals surface area contributed by atoms with Crippen molar-refractivity contribution in [3.05, 3.63) is 12.3 Å². The van der Waals surface area contributed by atoms with Crippen molar-refractivity contribution >= 4 is 29.3 Å². The zero-order chi connectivity index (χ0) is 6.97. The maximum atomic E-state index is 4.97. The van der Waals surface area contributed by atoms with Crippen LogP contribution in [0.2, 0.25) is 0 Å². The number of aliphatic imine (C=N–C) groups is 2. The highest BCUT2D eigenvalue weighted by atomic mass is 32.1. The van der Waals surface area contributed by atoms with Crippen molar-refractivity contribution in [3.63, 3.8) is 0 Å². The van der Waals surface area contributed by atoms with Crippen LogP contribution in [0.5, 0.6) is 0 Å². The average molecular weight is 151 g/mol. The van der Waals surface area contributed by atoms with Crippen molar-refractivity contribution in [1.82, 2.24) is 5.32 Å². The van der Waals surface area contributed by atoms with E-state index in [4.69, 9.17) is 12.2 Å². The van der Waals surface area contributed by atoms with Crippen molar-refractivity contribution in [2.75, 3.05) is 0 Å². The Morgan fingerprint density at radius 2 is 2.50 bits per heavy atom. The van der Waals surface area contributed by atoms with Gasteiger partial charge in [-0.2, -0.15) is 0 Å². The van der Waals surface area contributed by atoms with Crippen LogP contribution in [0.3, 0.4) is 0 Å². The summed E-state index contributed by atoms with van der Waals surface area (Å²) in [6, 6.07) is 0.0775. The fourth-order valence-corrected chi connectivity index (χ4v) is 1.16. The van der Waals surface area contributed by atoms with Gasteiger partial charge < -0.3 is 5.32 Å². The van der Waals surface area contributed by atoms with E-state index < -0.39 is 0 Å². The Balaban J connectivity index is 2.41. The molecule has 2 rings (SSSR count). The first-order chi connectivity index (χ1) is 4.88. The van der Waals surface area contributed by atoms with E-state index >= 15 is 0 Å². The van der Waals surface area contributed by atoms with Crippen LogP contribution >= 0.6 is 12.2 Å². The highest BCUT2D eigenvalue weighted by Gasteiger charge is 2.21. The molecule has 0 saturated heterocycles. The summed E-state index contributed by atoms with van der Waals surface area (Å²) >= 11 is 4.97. The minimum atomic E-state index is 0.0775. The topological polar surface area (TPSA) is 36.8 Å². The molecule has 2 aliphatic rings. The molecule has 0 saturated carbocycles. The zero-order valence-corrected chi connectivity index (χ0v) is 5.93. The van der Waals surface area contributed by atoms with Gasteiger partial charge in [-0.25, -0.2) is 0 Å². The Hall–Kier alpha value is -1.03. The third-order valence-corrected chi connectivity index (χ3v) is 1.75. The Bertz CT molecular complexity index is 264. The number of hydrogen-bond acceptors (Lipinski definition) is 3. The van der Waals surface area contributed by atoms with Crippen LogP contribution in [0.15, 0.2) is 22.3 Å². The van der Waals surface area contributed by atoms with Crippen LogP contribution < -0.4 is 5.32 Å². The van der Waals surface area contributed by atoms with Gasteiger partial charge in [0, 0.05) is 6.20 Å². The third kappa shape index (κ3) is 0.690. The molecule has 4 heteroatoms. The van der Waals surface area contributed by atoms with Gasteiger partial charge in [-0.1, -0.05) is 12.2 Å². The van der Waals surface area contributed by atoms with Gasteiger partial charge in [0.05, 0.1) is 6.34 Å². The summed E-state index contributed by atoms with van der Waals surface area (Å²) < 4.78 is 0. The van der Waals surface area contributed by atoms with Crippen LogP contribution in [0.25, 0.3) is 0 Å². The lowest BCUT2D eigenvalue weighted by molar-refractivity contribution is 1.09. The van der Waals surface area contributed by atoms with Crippen LogP contribution in [0, 0.1) is 0 Å². The summed E-state index contributed by atoms with van der Waals surface area (Å²) in [5.74, 6) is 0. The number of thiocarbonyl (C=S) groups is 1. The van der Waals surface area contributed by atoms with E-state index in [0.29, 0.717) is 4.99 Å². The monoisotopic (exact) mass is 151 g/mol. The number of rotatable bonds is 0. The van der Waals surface area contributed by atoms with E-state index in [1.807, 2.05) is 6.08 Å². The van der Waals surface area contributed by atoms with Gasteiger partial charge in [0.15, 0.2) is 0 Å². The highest BCUT2D eigenvalue weighted by molar-refractivity contribution is 7.82. The first kappa shape index (κ1) is 5.73. The van der Waals surface area contributed by atoms with Crippen molar-refractivity contribution in [2.24, 2.45) is 9.98 Å². The molecule has 0 aliphatic carbocycles. The standard InChI is InChI=1S/C6H5N3S/c10-6-5-4(1-2-7-5)8-3-9-6/h1-4H,(H,8,9,10). The summed E-state index contributed by atoms with van der Waals surface area (Å²) in [4.78, 5) is 8.84. The fraction of sp³-hybridized carbons (Fsp3) is 0.167. The van der Waals surface area contributed by atoms with E-state index in [2.05, 4.69) is 15.3 Å². The molecule has 1 unspecified atom stereocenters. The molecule has 0 aromatic carbocycles. The minimum Gasteiger partial charge on any atom is -0.336 e. The molecule has 50 valence electrons. The first-order valence-corrected chi connectivity index (χ1v) is 3.35. The van der Waals surface area contributed by atoms with E-state index in [1.165, 1.54) is 0 Å². The van der Waals surface area contributed by atoms with Crippen LogP contribution in [0.1, 0.15) is 0 Å². The molecule has 3 nitrogen and oxygen atoms in total. The molecule has 1 atom stereocenters. The predicted molar refractivity (Wildman–Crippen MR) is 44.6 cm³/mol. The second-order valence-electron chi connectivity index (χ2n) is 2.05. The number of nitrogens with zero attached hydrogens (tertiary/aromatic N) is 2. The smallest absolute Gasteiger partial charge is 0.128 e. The van der Waals surface area contributed by atoms with Gasteiger partial charge in [-0.15, -0.1) is 0 Å². The molecule has 0 amide bonds. The largest absolute Gasteiger partial charge is 0.336 e. The summed E-state index contributed by atoms with van der Waals surface area (Å²) in [6.45, 7) is 0. The summed E-state index contributed by atoms with van der Waals surface area (Å²) in [6.07, 6.45) is 5.26. The Kier molecular flexibility index (Phi) is 1.14. The Labute approximate surface area is 63.6 Å². The number of fused-ring (bicyclic) bond motifs is 1. The second-order valence-corrected chi connectivity index (χ2v) is 2.46. The highest BCUT2D eigenvalue weighted by Crippen LogP contribution is 2.08. The SMILES string of the molecule is S=C1NC=NC2C=CN=C12. The van der Waals surface area contributed by atoms with Gasteiger partial charge in [0.1, 0.15) is 16.7 Å². The quantitative estimate of drug-likeness (QED) is 0.505. The van der Waals surface area contributed by atoms with E-state index in [-0.39, 0.29) is 6.04 Å². The zero-order valence-electron chi connectivity index (χ0n) is 5.11. The van der Waals surface area contributed by atoms with Gasteiger partial charge in [0.2, 0.25) is 0 Å². The first-order valence-electron chi connectivity index (χ1n) is 2.95. The second kappa shape index (κ2) is 1.98. The molecule has 10 heavy (non-hydrogen) atoms. The Morgan fingerprint density at radius 1 is 1.60 bits per heavy atom. The molecule has 0 fully saturated rings. The maximum absolute atomic E-state index is 4.97. The molecular weight excluding hydrogens is 146 g/mol. The lowest BCUT2D eigenvalue weighted by Gasteiger charge is -2.12. The van der Waals surface area contributed by atoms with Gasteiger partial charge in [-0.3, -0.25) is 9.98 Å². The van der Waals surface area contributed by atoms with E-state index in [0.717, 1.165) is 5.71 Å².